The minimum Gasteiger partial charge on any atom is -0.307 e. The zero-order chi connectivity index (χ0) is 13.1. The Morgan fingerprint density at radius 1 is 1.22 bits per heavy atom. The van der Waals surface area contributed by atoms with Crippen molar-refractivity contribution in [1.82, 2.24) is 9.97 Å². The van der Waals surface area contributed by atoms with Gasteiger partial charge in [0.25, 0.3) is 5.91 Å². The minimum atomic E-state index is -0.238. The number of anilines is 1. The first-order chi connectivity index (χ1) is 8.56. The molecule has 2 heterocycles. The molecule has 2 aromatic rings. The molecule has 92 valence electrons. The molecule has 0 atom stereocenters. The number of nitrogens with zero attached hydrogens (tertiary/aromatic N) is 2. The number of carbonyl (C=O) groups excluding carboxylic acids is 1. The maximum Gasteiger partial charge on any atom is 0.258 e. The van der Waals surface area contributed by atoms with E-state index in [1.807, 2.05) is 6.92 Å². The Morgan fingerprint density at radius 2 is 2.00 bits per heavy atom. The van der Waals surface area contributed by atoms with E-state index in [1.54, 1.807) is 24.5 Å². The lowest BCUT2D eigenvalue weighted by Crippen LogP contribution is -2.13. The molecule has 1 amide bonds. The van der Waals surface area contributed by atoms with Crippen LogP contribution in [0.2, 0.25) is 0 Å². The summed E-state index contributed by atoms with van der Waals surface area (Å²) in [6, 6.07) is 3.50. The van der Waals surface area contributed by atoms with Gasteiger partial charge in [-0.15, -0.1) is 0 Å². The standard InChI is InChI=1S/C12H9Br2N3O/c1-7-2-11(16-6-10(7)14)17-12(18)8-3-9(13)5-15-4-8/h2-6H,1H3,(H,16,17,18). The number of carbonyl (C=O) groups is 1. The van der Waals surface area contributed by atoms with E-state index in [-0.39, 0.29) is 5.91 Å². The Balaban J connectivity index is 2.18. The summed E-state index contributed by atoms with van der Waals surface area (Å²) in [6.45, 7) is 1.93. The summed E-state index contributed by atoms with van der Waals surface area (Å²) in [5.41, 5.74) is 1.49. The molecule has 0 spiro atoms. The highest BCUT2D eigenvalue weighted by atomic mass is 79.9. The van der Waals surface area contributed by atoms with Crippen LogP contribution in [0.15, 0.2) is 39.7 Å². The third-order valence-electron chi connectivity index (χ3n) is 2.26. The van der Waals surface area contributed by atoms with Gasteiger partial charge in [0.2, 0.25) is 0 Å². The van der Waals surface area contributed by atoms with E-state index in [2.05, 4.69) is 47.1 Å². The zero-order valence-corrected chi connectivity index (χ0v) is 12.6. The summed E-state index contributed by atoms with van der Waals surface area (Å²) in [6.07, 6.45) is 4.79. The molecule has 0 unspecified atom stereocenters. The number of aryl methyl sites for hydroxylation is 1. The van der Waals surface area contributed by atoms with Crippen LogP contribution in [0.5, 0.6) is 0 Å². The smallest absolute Gasteiger partial charge is 0.258 e. The Bertz CT molecular complexity index is 602. The van der Waals surface area contributed by atoms with Crippen molar-refractivity contribution in [3.63, 3.8) is 0 Å². The van der Waals surface area contributed by atoms with E-state index < -0.39 is 0 Å². The first kappa shape index (κ1) is 13.2. The number of aromatic nitrogens is 2. The van der Waals surface area contributed by atoms with Crippen LogP contribution in [0.25, 0.3) is 0 Å². The molecule has 0 aromatic carbocycles. The molecule has 0 bridgehead atoms. The second kappa shape index (κ2) is 5.58. The summed E-state index contributed by atoms with van der Waals surface area (Å²) in [4.78, 5) is 20.0. The van der Waals surface area contributed by atoms with Crippen LogP contribution in [-0.2, 0) is 0 Å². The predicted octanol–water partition coefficient (Wildman–Crippen LogP) is 3.56. The van der Waals surface area contributed by atoms with Gasteiger partial charge < -0.3 is 5.32 Å². The van der Waals surface area contributed by atoms with Crippen LogP contribution in [0.4, 0.5) is 5.82 Å². The summed E-state index contributed by atoms with van der Waals surface area (Å²) < 4.78 is 1.67. The van der Waals surface area contributed by atoms with E-state index >= 15 is 0 Å². The van der Waals surface area contributed by atoms with Crippen molar-refractivity contribution in [3.8, 4) is 0 Å². The van der Waals surface area contributed by atoms with E-state index in [4.69, 9.17) is 0 Å². The molecule has 0 aliphatic rings. The number of hydrogen-bond donors (Lipinski definition) is 1. The molecule has 0 radical (unpaired) electrons. The largest absolute Gasteiger partial charge is 0.307 e. The Labute approximate surface area is 121 Å². The normalized spacial score (nSPS) is 10.2. The number of amides is 1. The lowest BCUT2D eigenvalue weighted by atomic mass is 10.2. The van der Waals surface area contributed by atoms with Crippen molar-refractivity contribution >= 4 is 43.6 Å². The lowest BCUT2D eigenvalue weighted by Gasteiger charge is -2.06. The number of nitrogens with one attached hydrogen (secondary N) is 1. The number of pyridine rings is 2. The molecule has 2 rings (SSSR count). The Kier molecular flexibility index (Phi) is 4.08. The van der Waals surface area contributed by atoms with Gasteiger partial charge in [-0.25, -0.2) is 4.98 Å². The van der Waals surface area contributed by atoms with Crippen LogP contribution in [0, 0.1) is 6.92 Å². The number of halogens is 2. The van der Waals surface area contributed by atoms with Gasteiger partial charge in [0.05, 0.1) is 5.56 Å². The van der Waals surface area contributed by atoms with Gasteiger partial charge in [0.15, 0.2) is 0 Å². The maximum atomic E-state index is 11.9. The summed E-state index contributed by atoms with van der Waals surface area (Å²) >= 11 is 6.63. The zero-order valence-electron chi connectivity index (χ0n) is 9.45. The average molecular weight is 371 g/mol. The highest BCUT2D eigenvalue weighted by molar-refractivity contribution is 9.10. The van der Waals surface area contributed by atoms with Gasteiger partial charge in [0.1, 0.15) is 5.82 Å². The van der Waals surface area contributed by atoms with Crippen LogP contribution in [0.3, 0.4) is 0 Å². The van der Waals surface area contributed by atoms with Crippen LogP contribution in [-0.4, -0.2) is 15.9 Å². The quantitative estimate of drug-likeness (QED) is 0.879. The number of rotatable bonds is 2. The average Bonchev–Trinajstić information content (AvgIpc) is 2.34. The van der Waals surface area contributed by atoms with Crippen LogP contribution < -0.4 is 5.32 Å². The molecule has 6 heteroatoms. The molecule has 4 nitrogen and oxygen atoms in total. The highest BCUT2D eigenvalue weighted by Gasteiger charge is 2.08. The van der Waals surface area contributed by atoms with E-state index in [0.29, 0.717) is 11.4 Å². The first-order valence-electron chi connectivity index (χ1n) is 5.10. The van der Waals surface area contributed by atoms with Crippen LogP contribution >= 0.6 is 31.9 Å². The molecule has 0 fully saturated rings. The topological polar surface area (TPSA) is 54.9 Å². The maximum absolute atomic E-state index is 11.9. The van der Waals surface area contributed by atoms with Crippen molar-refractivity contribution in [3.05, 3.63) is 50.8 Å². The van der Waals surface area contributed by atoms with Gasteiger partial charge in [-0.3, -0.25) is 9.78 Å². The predicted molar refractivity (Wildman–Crippen MR) is 76.6 cm³/mol. The van der Waals surface area contributed by atoms with Gasteiger partial charge >= 0.3 is 0 Å². The fourth-order valence-electron chi connectivity index (χ4n) is 1.33. The SMILES string of the molecule is Cc1cc(NC(=O)c2cncc(Br)c2)ncc1Br. The fourth-order valence-corrected chi connectivity index (χ4v) is 1.91. The monoisotopic (exact) mass is 369 g/mol. The molecule has 1 N–H and O–H groups in total. The van der Waals surface area contributed by atoms with Crippen LogP contribution in [0.1, 0.15) is 15.9 Å². The molecule has 0 aliphatic carbocycles. The highest BCUT2D eigenvalue weighted by Crippen LogP contribution is 2.18. The van der Waals surface area contributed by atoms with E-state index in [0.717, 1.165) is 14.5 Å². The number of hydrogen-bond acceptors (Lipinski definition) is 3. The van der Waals surface area contributed by atoms with Crippen molar-refractivity contribution in [1.29, 1.82) is 0 Å². The molecule has 18 heavy (non-hydrogen) atoms. The first-order valence-corrected chi connectivity index (χ1v) is 6.69. The third-order valence-corrected chi connectivity index (χ3v) is 3.52. The molecule has 0 aliphatic heterocycles. The molecule has 0 saturated heterocycles. The Morgan fingerprint density at radius 3 is 2.67 bits per heavy atom. The van der Waals surface area contributed by atoms with Gasteiger partial charge in [-0.1, -0.05) is 0 Å². The second-order valence-corrected chi connectivity index (χ2v) is 5.43. The van der Waals surface area contributed by atoms with Gasteiger partial charge in [-0.2, -0.15) is 0 Å². The lowest BCUT2D eigenvalue weighted by molar-refractivity contribution is 0.102. The molecular weight excluding hydrogens is 362 g/mol. The van der Waals surface area contributed by atoms with Gasteiger partial charge in [-0.05, 0) is 56.5 Å². The van der Waals surface area contributed by atoms with Crippen molar-refractivity contribution in [2.45, 2.75) is 6.92 Å². The van der Waals surface area contributed by atoms with Crippen molar-refractivity contribution in [2.75, 3.05) is 5.32 Å². The van der Waals surface area contributed by atoms with Gasteiger partial charge in [0, 0.05) is 27.5 Å². The Hall–Kier alpha value is -1.27. The summed E-state index contributed by atoms with van der Waals surface area (Å²) in [5, 5.41) is 2.72. The summed E-state index contributed by atoms with van der Waals surface area (Å²) in [5.74, 6) is 0.277. The molecule has 2 aromatic heterocycles. The summed E-state index contributed by atoms with van der Waals surface area (Å²) in [7, 11) is 0. The fraction of sp³-hybridized carbons (Fsp3) is 0.0833. The molecular formula is C12H9Br2N3O. The minimum absolute atomic E-state index is 0.238. The van der Waals surface area contributed by atoms with E-state index in [1.165, 1.54) is 6.20 Å². The third kappa shape index (κ3) is 3.14. The van der Waals surface area contributed by atoms with E-state index in [9.17, 15) is 4.79 Å². The second-order valence-electron chi connectivity index (χ2n) is 3.66. The van der Waals surface area contributed by atoms with Crippen molar-refractivity contribution < 1.29 is 4.79 Å². The van der Waals surface area contributed by atoms with Crippen molar-refractivity contribution in [2.24, 2.45) is 0 Å². The molecule has 0 saturated carbocycles.